The number of unbranched alkanes of at least 4 members (excludes halogenated alkanes) is 2. The first-order valence-corrected chi connectivity index (χ1v) is 23.0. The number of nitrogens with one attached hydrogen (secondary N) is 7. The summed E-state index contributed by atoms with van der Waals surface area (Å²) in [6.07, 6.45) is 0.432. The van der Waals surface area contributed by atoms with E-state index in [1.165, 1.54) is 0 Å². The number of para-hydroxylation sites is 2. The number of hydrogen-bond donors (Lipinski definition) is 11. The fraction of sp³-hybridized carbons (Fsp3) is 0.500. The Kier molecular flexibility index (Phi) is 20.4. The van der Waals surface area contributed by atoms with Crippen LogP contribution >= 0.6 is 11.8 Å². The number of aromatic nitrogens is 1. The lowest BCUT2D eigenvalue weighted by atomic mass is 9.96. The standard InChI is InChI=1S/C44H60N10O11S/c1-3-24(2)37-44(65)52-32(21-36(58)59)41(62)51-31(20-35(56)57)42(63)53-33(22-66-23-34(55)49-30(40(61)54-37)17-8-10-18-45)43(64)50-29(39(46)60)16-9-11-19-47-38-25-12-4-6-14-27(25)48-28-15-7-5-13-26(28)38/h4-7,12-15,24,29-33,37H,3,8-11,16-23,45H2,1-2H3,(H2,46,60)(H,47,48)(H,49,55)(H,50,64)(H,51,62)(H,52,65)(H,53,63)(H,54,61)(H,56,57)(H,58,59)/t24-,29-,30-,31-,32-,33-,37-/m0/s1. The van der Waals surface area contributed by atoms with Crippen LogP contribution in [0, 0.1) is 5.92 Å². The molecule has 66 heavy (non-hydrogen) atoms. The number of fused-ring (bicyclic) bond motifs is 2. The number of carboxylic acids is 2. The lowest BCUT2D eigenvalue weighted by Gasteiger charge is -2.29. The Bertz CT molecular complexity index is 2190. The average molecular weight is 937 g/mol. The van der Waals surface area contributed by atoms with Gasteiger partial charge >= 0.3 is 11.9 Å². The molecule has 1 saturated heterocycles. The number of pyridine rings is 1. The second-order valence-electron chi connectivity index (χ2n) is 16.1. The summed E-state index contributed by atoms with van der Waals surface area (Å²) in [6, 6.07) is 6.42. The topological polar surface area (TPSA) is 343 Å². The summed E-state index contributed by atoms with van der Waals surface area (Å²) in [6.45, 7) is 4.16. The predicted molar refractivity (Wildman–Crippen MR) is 247 cm³/mol. The minimum atomic E-state index is -1.90. The Hall–Kier alpha value is -6.55. The van der Waals surface area contributed by atoms with Gasteiger partial charge in [0.05, 0.1) is 35.3 Å². The SMILES string of the molecule is CC[C@H](C)[C@@H]1NC(=O)[C@H](CCCCN)NC(=O)CSC[C@@H](C(=O)N[C@@H](CCCCNc2c3ccccc3nc3ccccc23)C(N)=O)NC(=O)[C@H](CC(=O)O)NC(=O)[C@H](CC(=O)O)NC1=O. The Balaban J connectivity index is 1.55. The van der Waals surface area contributed by atoms with E-state index in [9.17, 15) is 53.4 Å². The first kappa shape index (κ1) is 52.1. The number of nitrogens with zero attached hydrogens (tertiary/aromatic N) is 1. The second-order valence-corrected chi connectivity index (χ2v) is 17.1. The van der Waals surface area contributed by atoms with Crippen molar-refractivity contribution in [3.05, 3.63) is 48.5 Å². The van der Waals surface area contributed by atoms with E-state index in [2.05, 4.69) is 37.2 Å². The molecule has 1 fully saturated rings. The predicted octanol–water partition coefficient (Wildman–Crippen LogP) is 0.236. The number of amides is 7. The lowest BCUT2D eigenvalue weighted by molar-refractivity contribution is -0.143. The van der Waals surface area contributed by atoms with Crippen molar-refractivity contribution >= 4 is 92.5 Å². The van der Waals surface area contributed by atoms with E-state index in [-0.39, 0.29) is 24.3 Å². The molecule has 3 aromatic rings. The van der Waals surface area contributed by atoms with Gasteiger partial charge in [-0.25, -0.2) is 4.98 Å². The highest BCUT2D eigenvalue weighted by Crippen LogP contribution is 2.30. The van der Waals surface area contributed by atoms with Crippen LogP contribution in [0.15, 0.2) is 48.5 Å². The number of carboxylic acid groups (broad SMARTS) is 2. The highest BCUT2D eigenvalue weighted by molar-refractivity contribution is 8.00. The third kappa shape index (κ3) is 15.6. The smallest absolute Gasteiger partial charge is 0.305 e. The average Bonchev–Trinajstić information content (AvgIpc) is 3.27. The second kappa shape index (κ2) is 25.8. The number of nitrogens with two attached hydrogens (primary N) is 2. The molecular formula is C44H60N10O11S. The Morgan fingerprint density at radius 3 is 1.92 bits per heavy atom. The Morgan fingerprint density at radius 1 is 0.773 bits per heavy atom. The molecule has 22 heteroatoms. The number of aliphatic carboxylic acids is 2. The number of carbonyl (C=O) groups excluding carboxylic acids is 7. The molecule has 0 unspecified atom stereocenters. The molecule has 7 atom stereocenters. The molecule has 0 spiro atoms. The fourth-order valence-corrected chi connectivity index (χ4v) is 8.11. The molecule has 1 aliphatic rings. The van der Waals surface area contributed by atoms with Gasteiger partial charge < -0.3 is 58.9 Å². The Morgan fingerprint density at radius 2 is 1.35 bits per heavy atom. The molecule has 7 amide bonds. The molecule has 21 nitrogen and oxygen atoms in total. The van der Waals surface area contributed by atoms with E-state index in [0.717, 1.165) is 39.3 Å². The van der Waals surface area contributed by atoms with Crippen LogP contribution in [0.5, 0.6) is 0 Å². The van der Waals surface area contributed by atoms with E-state index in [1.807, 2.05) is 48.5 Å². The molecule has 0 saturated carbocycles. The van der Waals surface area contributed by atoms with E-state index < -0.39 is 108 Å². The van der Waals surface area contributed by atoms with Crippen molar-refractivity contribution in [2.45, 2.75) is 108 Å². The van der Waals surface area contributed by atoms with Gasteiger partial charge in [-0.05, 0) is 63.1 Å². The van der Waals surface area contributed by atoms with Crippen molar-refractivity contribution in [3.8, 4) is 0 Å². The zero-order valence-corrected chi connectivity index (χ0v) is 37.7. The van der Waals surface area contributed by atoms with Crippen molar-refractivity contribution in [1.82, 2.24) is 36.9 Å². The van der Waals surface area contributed by atoms with E-state index in [1.54, 1.807) is 13.8 Å². The zero-order chi connectivity index (χ0) is 48.3. The van der Waals surface area contributed by atoms with Crippen molar-refractivity contribution in [2.75, 3.05) is 29.9 Å². The lowest BCUT2D eigenvalue weighted by Crippen LogP contribution is -2.61. The van der Waals surface area contributed by atoms with Crippen LogP contribution in [0.2, 0.25) is 0 Å². The maximum atomic E-state index is 13.9. The van der Waals surface area contributed by atoms with Gasteiger partial charge in [0.15, 0.2) is 0 Å². The summed E-state index contributed by atoms with van der Waals surface area (Å²) in [5, 5.41) is 39.4. The fourth-order valence-electron chi connectivity index (χ4n) is 7.25. The molecule has 2 heterocycles. The maximum absolute atomic E-state index is 13.9. The van der Waals surface area contributed by atoms with Gasteiger partial charge in [0.25, 0.3) is 0 Å². The summed E-state index contributed by atoms with van der Waals surface area (Å²) in [5.74, 6) is -10.8. The Labute approximate surface area is 385 Å². The summed E-state index contributed by atoms with van der Waals surface area (Å²) >= 11 is 0.865. The molecular weight excluding hydrogens is 877 g/mol. The van der Waals surface area contributed by atoms with Crippen LogP contribution in [-0.2, 0) is 43.2 Å². The van der Waals surface area contributed by atoms with E-state index in [4.69, 9.17) is 16.5 Å². The summed E-state index contributed by atoms with van der Waals surface area (Å²) in [4.78, 5) is 123. The van der Waals surface area contributed by atoms with E-state index in [0.29, 0.717) is 45.2 Å². The third-order valence-electron chi connectivity index (χ3n) is 11.0. The number of hydrogen-bond acceptors (Lipinski definition) is 13. The van der Waals surface area contributed by atoms with Gasteiger partial charge in [-0.3, -0.25) is 43.2 Å². The molecule has 4 rings (SSSR count). The molecule has 13 N–H and O–H groups in total. The van der Waals surface area contributed by atoms with Gasteiger partial charge in [-0.15, -0.1) is 11.8 Å². The van der Waals surface area contributed by atoms with Crippen LogP contribution in [0.3, 0.4) is 0 Å². The van der Waals surface area contributed by atoms with Gasteiger partial charge in [0, 0.05) is 23.1 Å². The maximum Gasteiger partial charge on any atom is 0.305 e. The number of thioether (sulfide) groups is 1. The van der Waals surface area contributed by atoms with Crippen LogP contribution in [0.1, 0.15) is 71.6 Å². The van der Waals surface area contributed by atoms with Crippen molar-refractivity contribution in [3.63, 3.8) is 0 Å². The first-order chi connectivity index (χ1) is 31.5. The zero-order valence-electron chi connectivity index (χ0n) is 36.9. The van der Waals surface area contributed by atoms with E-state index >= 15 is 0 Å². The van der Waals surface area contributed by atoms with Crippen LogP contribution in [-0.4, -0.2) is 129 Å². The highest BCUT2D eigenvalue weighted by atomic mass is 32.2. The normalized spacial score (nSPS) is 21.1. The minimum Gasteiger partial charge on any atom is -0.481 e. The summed E-state index contributed by atoms with van der Waals surface area (Å²) in [7, 11) is 0. The quantitative estimate of drug-likeness (QED) is 0.0567. The number of primary amides is 1. The van der Waals surface area contributed by atoms with Gasteiger partial charge in [-0.2, -0.15) is 0 Å². The number of anilines is 1. The highest BCUT2D eigenvalue weighted by Gasteiger charge is 2.36. The number of benzene rings is 2. The van der Waals surface area contributed by atoms with Gasteiger partial charge in [-0.1, -0.05) is 56.7 Å². The molecule has 0 radical (unpaired) electrons. The molecule has 1 aromatic heterocycles. The molecule has 0 bridgehead atoms. The van der Waals surface area contributed by atoms with Gasteiger partial charge in [0.1, 0.15) is 36.3 Å². The monoisotopic (exact) mass is 936 g/mol. The first-order valence-electron chi connectivity index (χ1n) is 21.9. The summed E-state index contributed by atoms with van der Waals surface area (Å²) in [5.41, 5.74) is 13.9. The van der Waals surface area contributed by atoms with Crippen molar-refractivity contribution in [1.29, 1.82) is 0 Å². The largest absolute Gasteiger partial charge is 0.481 e. The molecule has 2 aromatic carbocycles. The minimum absolute atomic E-state index is 0.0939. The van der Waals surface area contributed by atoms with Crippen molar-refractivity contribution in [2.24, 2.45) is 17.4 Å². The van der Waals surface area contributed by atoms with Crippen LogP contribution in [0.25, 0.3) is 21.8 Å². The molecule has 1 aliphatic heterocycles. The number of rotatable bonds is 19. The third-order valence-corrected chi connectivity index (χ3v) is 12.1. The molecule has 0 aliphatic carbocycles. The van der Waals surface area contributed by atoms with Crippen LogP contribution in [0.4, 0.5) is 5.69 Å². The number of carbonyl (C=O) groups is 9. The van der Waals surface area contributed by atoms with Crippen LogP contribution < -0.4 is 48.7 Å². The molecule has 358 valence electrons. The van der Waals surface area contributed by atoms with Crippen molar-refractivity contribution < 1.29 is 53.4 Å². The summed E-state index contributed by atoms with van der Waals surface area (Å²) < 4.78 is 0. The van der Waals surface area contributed by atoms with Gasteiger partial charge in [0.2, 0.25) is 41.4 Å².